The normalized spacial score (nSPS) is 17.5. The predicted molar refractivity (Wildman–Crippen MR) is 116 cm³/mol. The molecule has 0 aromatic heterocycles. The van der Waals surface area contributed by atoms with E-state index in [2.05, 4.69) is 6.58 Å². The maximum absolute atomic E-state index is 9.60. The minimum atomic E-state index is -0.935. The van der Waals surface area contributed by atoms with Crippen LogP contribution in [0.2, 0.25) is 0 Å². The molecule has 0 aliphatic carbocycles. The average Bonchev–Trinajstić information content (AvgIpc) is 2.56. The van der Waals surface area contributed by atoms with Crippen LogP contribution in [-0.4, -0.2) is 101 Å². The zero-order valence-electron chi connectivity index (χ0n) is 19.8. The summed E-state index contributed by atoms with van der Waals surface area (Å²) in [5.41, 5.74) is 0.176. The van der Waals surface area contributed by atoms with Crippen LogP contribution in [0.1, 0.15) is 62.3 Å². The number of hydrogen-bond acceptors (Lipinski definition) is 9. The van der Waals surface area contributed by atoms with Gasteiger partial charge < -0.3 is 46.0 Å². The van der Waals surface area contributed by atoms with Crippen LogP contribution in [0.3, 0.4) is 0 Å². The van der Waals surface area contributed by atoms with Crippen molar-refractivity contribution in [3.05, 3.63) is 12.2 Å². The second-order valence-corrected chi connectivity index (χ2v) is 7.01. The number of aliphatic hydroxyl groups is 8. The van der Waals surface area contributed by atoms with Gasteiger partial charge in [-0.1, -0.05) is 6.58 Å². The van der Waals surface area contributed by atoms with Crippen molar-refractivity contribution in [1.82, 2.24) is 0 Å². The SMILES string of the molecule is C=C(C)C(=O)O.CC(O)C(C)O.CC(O)C(C)O.CC(O)C(C)O.CC(O)C(C)O. The molecular formula is C20H46O10. The predicted octanol–water partition coefficient (Wildman–Crippen LogP) is -0.361. The summed E-state index contributed by atoms with van der Waals surface area (Å²) in [6, 6.07) is 0. The molecule has 0 spiro atoms. The highest BCUT2D eigenvalue weighted by atomic mass is 16.4. The van der Waals surface area contributed by atoms with E-state index in [1.807, 2.05) is 0 Å². The molecule has 0 saturated carbocycles. The van der Waals surface area contributed by atoms with Crippen molar-refractivity contribution in [2.24, 2.45) is 0 Å². The van der Waals surface area contributed by atoms with E-state index in [4.69, 9.17) is 46.0 Å². The van der Waals surface area contributed by atoms with Crippen LogP contribution in [-0.2, 0) is 4.79 Å². The molecule has 10 heteroatoms. The summed E-state index contributed by atoms with van der Waals surface area (Å²) in [4.78, 5) is 9.60. The van der Waals surface area contributed by atoms with Gasteiger partial charge >= 0.3 is 5.97 Å². The molecule has 0 rings (SSSR count). The lowest BCUT2D eigenvalue weighted by Crippen LogP contribution is -2.17. The first-order valence-electron chi connectivity index (χ1n) is 9.55. The maximum atomic E-state index is 9.60. The van der Waals surface area contributed by atoms with Crippen LogP contribution >= 0.6 is 0 Å². The van der Waals surface area contributed by atoms with E-state index in [9.17, 15) is 4.79 Å². The highest BCUT2D eigenvalue weighted by Crippen LogP contribution is 1.87. The number of carbonyl (C=O) groups is 1. The van der Waals surface area contributed by atoms with Crippen LogP contribution in [0.15, 0.2) is 12.2 Å². The second-order valence-electron chi connectivity index (χ2n) is 7.01. The molecular weight excluding hydrogens is 400 g/mol. The highest BCUT2D eigenvalue weighted by molar-refractivity contribution is 5.84. The number of aliphatic hydroxyl groups excluding tert-OH is 8. The third kappa shape index (κ3) is 50.5. The van der Waals surface area contributed by atoms with Crippen molar-refractivity contribution in [1.29, 1.82) is 0 Å². The molecule has 30 heavy (non-hydrogen) atoms. The van der Waals surface area contributed by atoms with Crippen molar-refractivity contribution in [2.45, 2.75) is 111 Å². The van der Waals surface area contributed by atoms with E-state index in [1.54, 1.807) is 55.4 Å². The lowest BCUT2D eigenvalue weighted by atomic mass is 10.3. The standard InChI is InChI=1S/4C4H10O2.C4H6O2/c4*1-3(5)4(2)6;1-3(2)4(5)6/h4*3-6H,1-2H3;1H2,2H3,(H,5,6). The van der Waals surface area contributed by atoms with Gasteiger partial charge in [0, 0.05) is 5.57 Å². The summed E-state index contributed by atoms with van der Waals surface area (Å²) in [7, 11) is 0. The van der Waals surface area contributed by atoms with E-state index in [1.165, 1.54) is 6.92 Å². The maximum Gasteiger partial charge on any atom is 0.330 e. The third-order valence-corrected chi connectivity index (χ3v) is 3.16. The second kappa shape index (κ2) is 24.2. The summed E-state index contributed by atoms with van der Waals surface area (Å²) in [6.45, 7) is 17.0. The molecule has 0 aromatic carbocycles. The molecule has 0 amide bonds. The van der Waals surface area contributed by atoms with Gasteiger partial charge in [0.15, 0.2) is 0 Å². The fourth-order valence-corrected chi connectivity index (χ4v) is 0. The first-order valence-corrected chi connectivity index (χ1v) is 9.55. The van der Waals surface area contributed by atoms with Crippen LogP contribution in [0, 0.1) is 0 Å². The number of carboxylic acids is 1. The number of rotatable bonds is 5. The average molecular weight is 447 g/mol. The fraction of sp³-hybridized carbons (Fsp3) is 0.850. The van der Waals surface area contributed by atoms with Crippen molar-refractivity contribution in [3.63, 3.8) is 0 Å². The van der Waals surface area contributed by atoms with E-state index >= 15 is 0 Å². The van der Waals surface area contributed by atoms with Crippen molar-refractivity contribution in [3.8, 4) is 0 Å². The summed E-state index contributed by atoms with van der Waals surface area (Å²) < 4.78 is 0. The highest BCUT2D eigenvalue weighted by Gasteiger charge is 2.01. The molecule has 0 heterocycles. The minimum Gasteiger partial charge on any atom is -0.478 e. The lowest BCUT2D eigenvalue weighted by Gasteiger charge is -2.03. The molecule has 186 valence electrons. The number of aliphatic carboxylic acids is 1. The zero-order chi connectivity index (χ0) is 25.8. The molecule has 0 aliphatic rings. The largest absolute Gasteiger partial charge is 0.478 e. The molecule has 0 bridgehead atoms. The Kier molecular flexibility index (Phi) is 31.7. The quantitative estimate of drug-likeness (QED) is 0.251. The third-order valence-electron chi connectivity index (χ3n) is 3.16. The molecule has 0 aromatic rings. The van der Waals surface area contributed by atoms with Gasteiger partial charge in [-0.25, -0.2) is 4.79 Å². The molecule has 0 saturated heterocycles. The van der Waals surface area contributed by atoms with Gasteiger partial charge in [-0.2, -0.15) is 0 Å². The van der Waals surface area contributed by atoms with E-state index in [0.29, 0.717) is 0 Å². The zero-order valence-corrected chi connectivity index (χ0v) is 19.8. The Bertz CT molecular complexity index is 292. The van der Waals surface area contributed by atoms with E-state index in [0.717, 1.165) is 0 Å². The van der Waals surface area contributed by atoms with Crippen LogP contribution in [0.25, 0.3) is 0 Å². The Hall–Kier alpha value is -1.11. The number of hydrogen-bond donors (Lipinski definition) is 9. The minimum absolute atomic E-state index is 0.176. The Morgan fingerprint density at radius 2 is 0.567 bits per heavy atom. The first-order chi connectivity index (χ1) is 13.2. The van der Waals surface area contributed by atoms with E-state index in [-0.39, 0.29) is 5.57 Å². The smallest absolute Gasteiger partial charge is 0.330 e. The van der Waals surface area contributed by atoms with Gasteiger partial charge in [0.05, 0.1) is 48.8 Å². The molecule has 0 radical (unpaired) electrons. The number of carboxylic acid groups (broad SMARTS) is 1. The van der Waals surface area contributed by atoms with Crippen LogP contribution < -0.4 is 0 Å². The summed E-state index contributed by atoms with van der Waals surface area (Å²) in [5.74, 6) is -0.935. The van der Waals surface area contributed by atoms with E-state index < -0.39 is 54.8 Å². The summed E-state index contributed by atoms with van der Waals surface area (Å²) in [6.07, 6.45) is -4.74. The molecule has 8 atom stereocenters. The Labute approximate surface area is 180 Å². The van der Waals surface area contributed by atoms with Gasteiger partial charge in [0.1, 0.15) is 0 Å². The van der Waals surface area contributed by atoms with Gasteiger partial charge in [-0.3, -0.25) is 0 Å². The Morgan fingerprint density at radius 3 is 0.567 bits per heavy atom. The molecule has 0 aliphatic heterocycles. The van der Waals surface area contributed by atoms with Gasteiger partial charge in [0.25, 0.3) is 0 Å². The molecule has 9 N–H and O–H groups in total. The summed E-state index contributed by atoms with van der Waals surface area (Å²) >= 11 is 0. The van der Waals surface area contributed by atoms with Crippen molar-refractivity contribution >= 4 is 5.97 Å². The first kappa shape index (κ1) is 39.4. The Morgan fingerprint density at radius 1 is 0.500 bits per heavy atom. The van der Waals surface area contributed by atoms with Gasteiger partial charge in [0.2, 0.25) is 0 Å². The van der Waals surface area contributed by atoms with Crippen LogP contribution in [0.5, 0.6) is 0 Å². The fourth-order valence-electron chi connectivity index (χ4n) is 0. The summed E-state index contributed by atoms with van der Waals surface area (Å²) in [5, 5.41) is 74.9. The monoisotopic (exact) mass is 446 g/mol. The van der Waals surface area contributed by atoms with Crippen LogP contribution in [0.4, 0.5) is 0 Å². The molecule has 8 unspecified atom stereocenters. The Balaban J connectivity index is -0.0000000868. The van der Waals surface area contributed by atoms with Crippen molar-refractivity contribution < 1.29 is 50.8 Å². The lowest BCUT2D eigenvalue weighted by molar-refractivity contribution is -0.132. The van der Waals surface area contributed by atoms with Gasteiger partial charge in [-0.15, -0.1) is 0 Å². The van der Waals surface area contributed by atoms with Crippen molar-refractivity contribution in [2.75, 3.05) is 0 Å². The molecule has 10 nitrogen and oxygen atoms in total. The van der Waals surface area contributed by atoms with Gasteiger partial charge in [-0.05, 0) is 62.3 Å². The molecule has 0 fully saturated rings. The topological polar surface area (TPSA) is 199 Å².